The second-order valence-corrected chi connectivity index (χ2v) is 7.69. The van der Waals surface area contributed by atoms with Crippen molar-refractivity contribution in [1.82, 2.24) is 0 Å². The first-order valence-electron chi connectivity index (χ1n) is 10.8. The van der Waals surface area contributed by atoms with E-state index in [2.05, 4.69) is 0 Å². The molecular formula is C26H30O7. The van der Waals surface area contributed by atoms with Crippen LogP contribution in [0.4, 0.5) is 0 Å². The van der Waals surface area contributed by atoms with E-state index in [4.69, 9.17) is 14.6 Å². The highest BCUT2D eigenvalue weighted by atomic mass is 16.5. The van der Waals surface area contributed by atoms with E-state index in [1.165, 1.54) is 6.07 Å². The zero-order chi connectivity index (χ0) is 24.0. The van der Waals surface area contributed by atoms with Gasteiger partial charge in [-0.25, -0.2) is 0 Å². The van der Waals surface area contributed by atoms with Gasteiger partial charge in [-0.2, -0.15) is 0 Å². The second kappa shape index (κ2) is 11.0. The Kier molecular flexibility index (Phi) is 8.16. The van der Waals surface area contributed by atoms with E-state index in [1.807, 2.05) is 25.1 Å². The van der Waals surface area contributed by atoms with Gasteiger partial charge in [0.05, 0.1) is 26.9 Å². The van der Waals surface area contributed by atoms with Crippen molar-refractivity contribution in [3.05, 3.63) is 59.7 Å². The van der Waals surface area contributed by atoms with Crippen LogP contribution in [-0.4, -0.2) is 58.6 Å². The summed E-state index contributed by atoms with van der Waals surface area (Å²) in [6, 6.07) is 13.6. The van der Waals surface area contributed by atoms with Crippen LogP contribution in [0, 0.1) is 0 Å². The molecule has 3 aromatic rings. The summed E-state index contributed by atoms with van der Waals surface area (Å²) in [6.07, 6.45) is -0.0857. The molecule has 1 unspecified atom stereocenters. The third-order valence-corrected chi connectivity index (χ3v) is 5.53. The Morgan fingerprint density at radius 2 is 1.67 bits per heavy atom. The molecule has 7 heteroatoms. The number of hydrogen-bond acceptors (Lipinski definition) is 7. The SMILES string of the molecule is CCc1c(O)cc(O)c(-c2cccc(OC)c2-c2cccc(O)c2)c1CCOCC(O)CO. The molecule has 1 atom stereocenters. The van der Waals surface area contributed by atoms with Crippen molar-refractivity contribution in [3.63, 3.8) is 0 Å². The average Bonchev–Trinajstić information content (AvgIpc) is 2.81. The van der Waals surface area contributed by atoms with Gasteiger partial charge in [0, 0.05) is 17.2 Å². The van der Waals surface area contributed by atoms with Crippen LogP contribution in [0.15, 0.2) is 48.5 Å². The number of ether oxygens (including phenoxy) is 2. The summed E-state index contributed by atoms with van der Waals surface area (Å²) in [7, 11) is 1.56. The lowest BCUT2D eigenvalue weighted by atomic mass is 9.86. The molecule has 0 saturated heterocycles. The van der Waals surface area contributed by atoms with E-state index < -0.39 is 12.7 Å². The summed E-state index contributed by atoms with van der Waals surface area (Å²) in [5.74, 6) is 0.567. The van der Waals surface area contributed by atoms with Crippen LogP contribution in [-0.2, 0) is 17.6 Å². The van der Waals surface area contributed by atoms with Gasteiger partial charge in [-0.1, -0.05) is 31.2 Å². The molecule has 0 heterocycles. The van der Waals surface area contributed by atoms with E-state index in [0.717, 1.165) is 0 Å². The molecule has 0 aliphatic carbocycles. The third-order valence-electron chi connectivity index (χ3n) is 5.53. The summed E-state index contributed by atoms with van der Waals surface area (Å²) in [5.41, 5.74) is 4.01. The molecule has 33 heavy (non-hydrogen) atoms. The van der Waals surface area contributed by atoms with Crippen molar-refractivity contribution in [1.29, 1.82) is 0 Å². The molecule has 7 nitrogen and oxygen atoms in total. The predicted molar refractivity (Wildman–Crippen MR) is 126 cm³/mol. The number of rotatable bonds is 10. The lowest BCUT2D eigenvalue weighted by molar-refractivity contribution is 0.00720. The fourth-order valence-corrected chi connectivity index (χ4v) is 4.03. The molecule has 0 amide bonds. The van der Waals surface area contributed by atoms with E-state index in [0.29, 0.717) is 52.0 Å². The molecule has 0 aromatic heterocycles. The molecule has 3 rings (SSSR count). The minimum Gasteiger partial charge on any atom is -0.508 e. The molecule has 0 spiro atoms. The van der Waals surface area contributed by atoms with E-state index >= 15 is 0 Å². The average molecular weight is 455 g/mol. The first-order chi connectivity index (χ1) is 15.9. The highest BCUT2D eigenvalue weighted by molar-refractivity contribution is 5.92. The van der Waals surface area contributed by atoms with Gasteiger partial charge < -0.3 is 35.0 Å². The molecule has 0 aliphatic heterocycles. The Balaban J connectivity index is 2.18. The fourth-order valence-electron chi connectivity index (χ4n) is 4.03. The maximum Gasteiger partial charge on any atom is 0.127 e. The third kappa shape index (κ3) is 5.39. The minimum absolute atomic E-state index is 0.00838. The van der Waals surface area contributed by atoms with E-state index in [9.17, 15) is 20.4 Å². The number of aliphatic hydroxyl groups is 2. The second-order valence-electron chi connectivity index (χ2n) is 7.69. The van der Waals surface area contributed by atoms with E-state index in [-0.39, 0.29) is 30.5 Å². The number of hydrogen-bond donors (Lipinski definition) is 5. The molecule has 0 radical (unpaired) electrons. The lowest BCUT2D eigenvalue weighted by Gasteiger charge is -2.21. The predicted octanol–water partition coefficient (Wildman–Crippen LogP) is 3.62. The van der Waals surface area contributed by atoms with Crippen molar-refractivity contribution in [2.45, 2.75) is 25.9 Å². The Bertz CT molecular complexity index is 1090. The van der Waals surface area contributed by atoms with Gasteiger partial charge in [0.25, 0.3) is 0 Å². The zero-order valence-corrected chi connectivity index (χ0v) is 18.8. The van der Waals surface area contributed by atoms with Crippen LogP contribution >= 0.6 is 0 Å². The van der Waals surface area contributed by atoms with Crippen molar-refractivity contribution in [2.24, 2.45) is 0 Å². The summed E-state index contributed by atoms with van der Waals surface area (Å²) in [5, 5.41) is 50.0. The Morgan fingerprint density at radius 3 is 2.33 bits per heavy atom. The molecule has 176 valence electrons. The molecule has 0 aliphatic rings. The fraction of sp³-hybridized carbons (Fsp3) is 0.308. The van der Waals surface area contributed by atoms with Gasteiger partial charge in [0.15, 0.2) is 0 Å². The number of benzene rings is 3. The molecule has 0 bridgehead atoms. The largest absolute Gasteiger partial charge is 0.508 e. The maximum atomic E-state index is 11.0. The van der Waals surface area contributed by atoms with E-state index in [1.54, 1.807) is 31.4 Å². The first kappa shape index (κ1) is 24.4. The standard InChI is InChI=1S/C26H30O7/c1-3-19-20(10-11-33-15-18(29)14-27)26(23(31)13-22(19)30)21-8-5-9-24(32-2)25(21)16-6-4-7-17(28)12-16/h4-9,12-13,18,27-31H,3,10-11,14-15H2,1-2H3. The number of methoxy groups -OCH3 is 1. The Hall–Kier alpha value is -3.26. The van der Waals surface area contributed by atoms with Crippen molar-refractivity contribution >= 4 is 0 Å². The normalized spacial score (nSPS) is 12.0. The van der Waals surface area contributed by atoms with Gasteiger partial charge in [-0.15, -0.1) is 0 Å². The Morgan fingerprint density at radius 1 is 0.909 bits per heavy atom. The van der Waals surface area contributed by atoms with Gasteiger partial charge in [-0.3, -0.25) is 0 Å². The Labute approximate surface area is 193 Å². The van der Waals surface area contributed by atoms with Gasteiger partial charge in [0.2, 0.25) is 0 Å². The lowest BCUT2D eigenvalue weighted by Crippen LogP contribution is -2.20. The number of aromatic hydroxyl groups is 3. The maximum absolute atomic E-state index is 11.0. The number of phenolic OH excluding ortho intramolecular Hbond substituents is 3. The van der Waals surface area contributed by atoms with Crippen molar-refractivity contribution in [3.8, 4) is 45.3 Å². The highest BCUT2D eigenvalue weighted by Gasteiger charge is 2.23. The quantitative estimate of drug-likeness (QED) is 0.297. The molecular weight excluding hydrogens is 424 g/mol. The monoisotopic (exact) mass is 454 g/mol. The summed E-state index contributed by atoms with van der Waals surface area (Å²) >= 11 is 0. The molecule has 0 fully saturated rings. The summed E-state index contributed by atoms with van der Waals surface area (Å²) in [6.45, 7) is 1.71. The van der Waals surface area contributed by atoms with Crippen LogP contribution in [0.1, 0.15) is 18.1 Å². The van der Waals surface area contributed by atoms with Crippen LogP contribution in [0.5, 0.6) is 23.0 Å². The molecule has 5 N–H and O–H groups in total. The zero-order valence-electron chi connectivity index (χ0n) is 18.8. The van der Waals surface area contributed by atoms with Crippen LogP contribution in [0.25, 0.3) is 22.3 Å². The first-order valence-corrected chi connectivity index (χ1v) is 10.8. The molecule has 0 saturated carbocycles. The number of aliphatic hydroxyl groups excluding tert-OH is 2. The summed E-state index contributed by atoms with van der Waals surface area (Å²) in [4.78, 5) is 0. The van der Waals surface area contributed by atoms with Crippen LogP contribution in [0.2, 0.25) is 0 Å². The highest BCUT2D eigenvalue weighted by Crippen LogP contribution is 2.47. The minimum atomic E-state index is -0.969. The van der Waals surface area contributed by atoms with Crippen LogP contribution in [0.3, 0.4) is 0 Å². The topological polar surface area (TPSA) is 120 Å². The van der Waals surface area contributed by atoms with Crippen LogP contribution < -0.4 is 4.74 Å². The summed E-state index contributed by atoms with van der Waals surface area (Å²) < 4.78 is 11.1. The molecule has 3 aromatic carbocycles. The number of phenols is 3. The van der Waals surface area contributed by atoms with Gasteiger partial charge in [0.1, 0.15) is 29.1 Å². The van der Waals surface area contributed by atoms with Crippen molar-refractivity contribution < 1.29 is 35.0 Å². The van der Waals surface area contributed by atoms with Gasteiger partial charge >= 0.3 is 0 Å². The van der Waals surface area contributed by atoms with Gasteiger partial charge in [-0.05, 0) is 53.3 Å². The smallest absolute Gasteiger partial charge is 0.127 e. The van der Waals surface area contributed by atoms with Crippen molar-refractivity contribution in [2.75, 3.05) is 26.9 Å².